The van der Waals surface area contributed by atoms with Crippen LogP contribution in [0.5, 0.6) is 5.75 Å². The number of aryl methyl sites for hydroxylation is 1. The Labute approximate surface area is 118 Å². The number of aliphatic carboxylic acids is 1. The maximum Gasteiger partial charge on any atom is 0.326 e. The molecule has 5 heteroatoms. The van der Waals surface area contributed by atoms with Gasteiger partial charge in [0.05, 0.1) is 0 Å². The van der Waals surface area contributed by atoms with Gasteiger partial charge in [0, 0.05) is 6.54 Å². The first-order valence-electron chi connectivity index (χ1n) is 6.86. The number of hydrogen-bond donors (Lipinski definition) is 1. The van der Waals surface area contributed by atoms with Gasteiger partial charge in [-0.2, -0.15) is 0 Å². The monoisotopic (exact) mass is 277 g/mol. The van der Waals surface area contributed by atoms with E-state index in [0.717, 1.165) is 18.4 Å². The molecule has 1 aromatic carbocycles. The van der Waals surface area contributed by atoms with E-state index in [4.69, 9.17) is 9.84 Å². The summed E-state index contributed by atoms with van der Waals surface area (Å²) in [5.74, 6) is -0.565. The van der Waals surface area contributed by atoms with Crippen molar-refractivity contribution in [2.75, 3.05) is 13.2 Å². The summed E-state index contributed by atoms with van der Waals surface area (Å²) in [5, 5.41) is 9.05. The minimum atomic E-state index is -0.941. The lowest BCUT2D eigenvalue weighted by Gasteiger charge is -2.21. The maximum absolute atomic E-state index is 12.0. The van der Waals surface area contributed by atoms with Crippen LogP contribution in [-0.4, -0.2) is 41.1 Å². The van der Waals surface area contributed by atoms with Crippen molar-refractivity contribution >= 4 is 11.9 Å². The van der Waals surface area contributed by atoms with Crippen molar-refractivity contribution in [2.24, 2.45) is 0 Å². The number of ether oxygens (including phenoxy) is 1. The fraction of sp³-hybridized carbons (Fsp3) is 0.467. The third-order valence-corrected chi connectivity index (χ3v) is 3.53. The summed E-state index contributed by atoms with van der Waals surface area (Å²) >= 11 is 0. The molecule has 1 atom stereocenters. The van der Waals surface area contributed by atoms with Crippen molar-refractivity contribution in [3.05, 3.63) is 29.8 Å². The Bertz CT molecular complexity index is 500. The van der Waals surface area contributed by atoms with Crippen LogP contribution in [-0.2, 0) is 16.0 Å². The van der Waals surface area contributed by atoms with Gasteiger partial charge in [-0.15, -0.1) is 0 Å². The van der Waals surface area contributed by atoms with Gasteiger partial charge < -0.3 is 14.7 Å². The zero-order valence-corrected chi connectivity index (χ0v) is 11.5. The van der Waals surface area contributed by atoms with Gasteiger partial charge in [-0.05, 0) is 37.0 Å². The molecule has 1 aliphatic rings. The van der Waals surface area contributed by atoms with E-state index >= 15 is 0 Å². The molecule has 0 aromatic heterocycles. The molecular weight excluding hydrogens is 258 g/mol. The Morgan fingerprint density at radius 2 is 2.25 bits per heavy atom. The van der Waals surface area contributed by atoms with Crippen LogP contribution in [0.3, 0.4) is 0 Å². The molecule has 0 saturated carbocycles. The van der Waals surface area contributed by atoms with Crippen molar-refractivity contribution in [2.45, 2.75) is 32.2 Å². The zero-order chi connectivity index (χ0) is 14.5. The average molecular weight is 277 g/mol. The van der Waals surface area contributed by atoms with Gasteiger partial charge in [-0.1, -0.05) is 19.1 Å². The zero-order valence-electron chi connectivity index (χ0n) is 11.5. The molecule has 0 aliphatic carbocycles. The maximum atomic E-state index is 12.0. The van der Waals surface area contributed by atoms with Crippen LogP contribution in [0.15, 0.2) is 24.3 Å². The van der Waals surface area contributed by atoms with Gasteiger partial charge in [0.2, 0.25) is 0 Å². The summed E-state index contributed by atoms with van der Waals surface area (Å²) in [6.45, 7) is 2.43. The summed E-state index contributed by atoms with van der Waals surface area (Å²) in [6.07, 6.45) is 2.15. The molecule has 1 unspecified atom stereocenters. The molecule has 0 spiro atoms. The van der Waals surface area contributed by atoms with Crippen LogP contribution in [0, 0.1) is 0 Å². The normalized spacial score (nSPS) is 18.1. The lowest BCUT2D eigenvalue weighted by atomic mass is 10.2. The second-order valence-electron chi connectivity index (χ2n) is 4.87. The number of hydrogen-bond acceptors (Lipinski definition) is 3. The molecule has 20 heavy (non-hydrogen) atoms. The molecule has 1 amide bonds. The number of carbonyl (C=O) groups excluding carboxylic acids is 1. The van der Waals surface area contributed by atoms with E-state index < -0.39 is 12.0 Å². The first-order valence-corrected chi connectivity index (χ1v) is 6.86. The van der Waals surface area contributed by atoms with Gasteiger partial charge in [0.15, 0.2) is 6.61 Å². The smallest absolute Gasteiger partial charge is 0.326 e. The minimum Gasteiger partial charge on any atom is -0.484 e. The minimum absolute atomic E-state index is 0.114. The molecule has 108 valence electrons. The quantitative estimate of drug-likeness (QED) is 0.889. The standard InChI is InChI=1S/C15H19NO4/c1-2-11-5-3-6-12(9-11)20-10-14(17)16-8-4-7-13(16)15(18)19/h3,5-6,9,13H,2,4,7-8,10H2,1H3,(H,18,19). The second kappa shape index (κ2) is 6.41. The molecule has 1 aliphatic heterocycles. The SMILES string of the molecule is CCc1cccc(OCC(=O)N2CCCC2C(=O)O)c1. The summed E-state index contributed by atoms with van der Waals surface area (Å²) < 4.78 is 5.47. The van der Waals surface area contributed by atoms with Gasteiger partial charge in [0.1, 0.15) is 11.8 Å². The number of nitrogens with zero attached hydrogens (tertiary/aromatic N) is 1. The Morgan fingerprint density at radius 1 is 1.45 bits per heavy atom. The third kappa shape index (κ3) is 3.29. The Kier molecular flexibility index (Phi) is 4.61. The fourth-order valence-corrected chi connectivity index (χ4v) is 2.41. The first kappa shape index (κ1) is 14.4. The van der Waals surface area contributed by atoms with E-state index in [-0.39, 0.29) is 12.5 Å². The van der Waals surface area contributed by atoms with Crippen molar-refractivity contribution in [1.82, 2.24) is 4.90 Å². The predicted octanol–water partition coefficient (Wildman–Crippen LogP) is 1.70. The summed E-state index contributed by atoms with van der Waals surface area (Å²) in [5.41, 5.74) is 1.14. The lowest BCUT2D eigenvalue weighted by molar-refractivity contribution is -0.148. The van der Waals surface area contributed by atoms with Crippen LogP contribution < -0.4 is 4.74 Å². The third-order valence-electron chi connectivity index (χ3n) is 3.53. The van der Waals surface area contributed by atoms with Gasteiger partial charge in [-0.3, -0.25) is 4.79 Å². The van der Waals surface area contributed by atoms with Crippen LogP contribution >= 0.6 is 0 Å². The molecule has 0 bridgehead atoms. The number of carboxylic acids is 1. The summed E-state index contributed by atoms with van der Waals surface area (Å²) in [4.78, 5) is 24.5. The first-order chi connectivity index (χ1) is 9.61. The molecular formula is C15H19NO4. The highest BCUT2D eigenvalue weighted by Crippen LogP contribution is 2.18. The topological polar surface area (TPSA) is 66.8 Å². The number of amides is 1. The number of rotatable bonds is 5. The number of carboxylic acid groups (broad SMARTS) is 1. The molecule has 1 N–H and O–H groups in total. The van der Waals surface area contributed by atoms with E-state index in [0.29, 0.717) is 18.7 Å². The van der Waals surface area contributed by atoms with E-state index in [2.05, 4.69) is 0 Å². The number of carbonyl (C=O) groups is 2. The molecule has 0 radical (unpaired) electrons. The van der Waals surface area contributed by atoms with Gasteiger partial charge >= 0.3 is 5.97 Å². The number of benzene rings is 1. The highest BCUT2D eigenvalue weighted by atomic mass is 16.5. The molecule has 5 nitrogen and oxygen atoms in total. The van der Waals surface area contributed by atoms with E-state index in [1.54, 1.807) is 6.07 Å². The van der Waals surface area contributed by atoms with Crippen LogP contribution in [0.4, 0.5) is 0 Å². The summed E-state index contributed by atoms with van der Waals surface area (Å²) in [7, 11) is 0. The van der Waals surface area contributed by atoms with E-state index in [1.165, 1.54) is 4.90 Å². The molecule has 2 rings (SSSR count). The van der Waals surface area contributed by atoms with Crippen LogP contribution in [0.1, 0.15) is 25.3 Å². The van der Waals surface area contributed by atoms with E-state index in [9.17, 15) is 9.59 Å². The van der Waals surface area contributed by atoms with Crippen molar-refractivity contribution in [1.29, 1.82) is 0 Å². The van der Waals surface area contributed by atoms with E-state index in [1.807, 2.05) is 25.1 Å². The fourth-order valence-electron chi connectivity index (χ4n) is 2.41. The van der Waals surface area contributed by atoms with Crippen molar-refractivity contribution in [3.63, 3.8) is 0 Å². The lowest BCUT2D eigenvalue weighted by Crippen LogP contribution is -2.42. The second-order valence-corrected chi connectivity index (χ2v) is 4.87. The molecule has 1 saturated heterocycles. The van der Waals surface area contributed by atoms with Crippen LogP contribution in [0.2, 0.25) is 0 Å². The van der Waals surface area contributed by atoms with Crippen LogP contribution in [0.25, 0.3) is 0 Å². The predicted molar refractivity (Wildman–Crippen MR) is 73.7 cm³/mol. The summed E-state index contributed by atoms with van der Waals surface area (Å²) in [6, 6.07) is 6.87. The Balaban J connectivity index is 1.93. The van der Waals surface area contributed by atoms with Gasteiger partial charge in [-0.25, -0.2) is 4.79 Å². The largest absolute Gasteiger partial charge is 0.484 e. The van der Waals surface area contributed by atoms with Crippen molar-refractivity contribution in [3.8, 4) is 5.75 Å². The van der Waals surface area contributed by atoms with Gasteiger partial charge in [0.25, 0.3) is 5.91 Å². The van der Waals surface area contributed by atoms with Crippen molar-refractivity contribution < 1.29 is 19.4 Å². The highest BCUT2D eigenvalue weighted by molar-refractivity contribution is 5.85. The molecule has 1 fully saturated rings. The Hall–Kier alpha value is -2.04. The Morgan fingerprint density at radius 3 is 2.95 bits per heavy atom. The molecule has 1 heterocycles. The highest BCUT2D eigenvalue weighted by Gasteiger charge is 2.33. The number of likely N-dealkylation sites (tertiary alicyclic amines) is 1. The average Bonchev–Trinajstić information content (AvgIpc) is 2.94. The molecule has 1 aromatic rings.